The Hall–Kier alpha value is -1.03. The summed E-state index contributed by atoms with van der Waals surface area (Å²) in [6.07, 6.45) is 1.43. The fraction of sp³-hybridized carbons (Fsp3) is 0.400. The van der Waals surface area contributed by atoms with Gasteiger partial charge < -0.3 is 5.73 Å². The number of hydrogen-bond donors (Lipinski definition) is 1. The molecule has 0 radical (unpaired) electrons. The zero-order valence-corrected chi connectivity index (χ0v) is 13.5. The second-order valence-corrected chi connectivity index (χ2v) is 5.81. The van der Waals surface area contributed by atoms with Crippen molar-refractivity contribution in [2.24, 2.45) is 12.8 Å². The molecule has 1 atom stereocenters. The fourth-order valence-electron chi connectivity index (χ4n) is 2.29. The molecular formula is C15H19Cl2N3. The summed E-state index contributed by atoms with van der Waals surface area (Å²) in [5.74, 6) is 0. The zero-order valence-electron chi connectivity index (χ0n) is 12.0. The summed E-state index contributed by atoms with van der Waals surface area (Å²) in [6.45, 7) is 4.04. The maximum Gasteiger partial charge on any atom is 0.0850 e. The van der Waals surface area contributed by atoms with Crippen LogP contribution in [0.5, 0.6) is 0 Å². The predicted molar refractivity (Wildman–Crippen MR) is 84.4 cm³/mol. The Kier molecular flexibility index (Phi) is 4.74. The monoisotopic (exact) mass is 311 g/mol. The second kappa shape index (κ2) is 6.17. The standard InChI is InChI=1S/C15H19Cl2N3/c1-4-13-15(17)14(20(3)19-13)8-12(18)10-6-5-9(2)7-11(10)16/h5-7,12H,4,8,18H2,1-3H3. The van der Waals surface area contributed by atoms with E-state index in [2.05, 4.69) is 5.10 Å². The summed E-state index contributed by atoms with van der Waals surface area (Å²) in [7, 11) is 1.89. The highest BCUT2D eigenvalue weighted by molar-refractivity contribution is 6.32. The van der Waals surface area contributed by atoms with Crippen LogP contribution in [0, 0.1) is 6.92 Å². The molecule has 0 saturated carbocycles. The van der Waals surface area contributed by atoms with Crippen molar-refractivity contribution in [3.63, 3.8) is 0 Å². The highest BCUT2D eigenvalue weighted by atomic mass is 35.5. The van der Waals surface area contributed by atoms with E-state index < -0.39 is 0 Å². The van der Waals surface area contributed by atoms with Crippen molar-refractivity contribution in [3.8, 4) is 0 Å². The van der Waals surface area contributed by atoms with Gasteiger partial charge in [0, 0.05) is 24.5 Å². The fourth-order valence-corrected chi connectivity index (χ4v) is 3.04. The highest BCUT2D eigenvalue weighted by Crippen LogP contribution is 2.28. The lowest BCUT2D eigenvalue weighted by atomic mass is 10.0. The van der Waals surface area contributed by atoms with Crippen LogP contribution in [-0.2, 0) is 19.9 Å². The Morgan fingerprint density at radius 1 is 1.35 bits per heavy atom. The molecule has 20 heavy (non-hydrogen) atoms. The van der Waals surface area contributed by atoms with Crippen molar-refractivity contribution < 1.29 is 0 Å². The van der Waals surface area contributed by atoms with E-state index in [1.54, 1.807) is 0 Å². The maximum absolute atomic E-state index is 6.35. The van der Waals surface area contributed by atoms with E-state index in [4.69, 9.17) is 28.9 Å². The number of nitrogens with two attached hydrogens (primary N) is 1. The molecular weight excluding hydrogens is 293 g/mol. The summed E-state index contributed by atoms with van der Waals surface area (Å²) < 4.78 is 1.81. The van der Waals surface area contributed by atoms with Gasteiger partial charge in [-0.3, -0.25) is 4.68 Å². The number of aromatic nitrogens is 2. The number of nitrogens with zero attached hydrogens (tertiary/aromatic N) is 2. The molecule has 108 valence electrons. The van der Waals surface area contributed by atoms with Crippen LogP contribution in [0.25, 0.3) is 0 Å². The third-order valence-corrected chi connectivity index (χ3v) is 4.24. The van der Waals surface area contributed by atoms with Gasteiger partial charge in [0.25, 0.3) is 0 Å². The van der Waals surface area contributed by atoms with Gasteiger partial charge in [0.1, 0.15) is 0 Å². The molecule has 0 aliphatic rings. The first-order valence-electron chi connectivity index (χ1n) is 6.65. The van der Waals surface area contributed by atoms with Crippen molar-refractivity contribution in [2.75, 3.05) is 0 Å². The van der Waals surface area contributed by atoms with Gasteiger partial charge >= 0.3 is 0 Å². The van der Waals surface area contributed by atoms with Gasteiger partial charge in [-0.2, -0.15) is 5.10 Å². The Labute approximate surface area is 129 Å². The zero-order chi connectivity index (χ0) is 14.9. The maximum atomic E-state index is 6.35. The number of hydrogen-bond acceptors (Lipinski definition) is 2. The molecule has 5 heteroatoms. The third-order valence-electron chi connectivity index (χ3n) is 3.47. The largest absolute Gasteiger partial charge is 0.324 e. The molecule has 3 nitrogen and oxygen atoms in total. The van der Waals surface area contributed by atoms with Crippen molar-refractivity contribution in [2.45, 2.75) is 32.7 Å². The Balaban J connectivity index is 2.27. The van der Waals surface area contributed by atoms with Crippen LogP contribution in [0.15, 0.2) is 18.2 Å². The molecule has 2 aromatic rings. The van der Waals surface area contributed by atoms with E-state index in [9.17, 15) is 0 Å². The SMILES string of the molecule is CCc1nn(C)c(CC(N)c2ccc(C)cc2Cl)c1Cl. The van der Waals surface area contributed by atoms with Crippen LogP contribution in [-0.4, -0.2) is 9.78 Å². The summed E-state index contributed by atoms with van der Waals surface area (Å²) in [5, 5.41) is 5.82. The van der Waals surface area contributed by atoms with Gasteiger partial charge in [0.15, 0.2) is 0 Å². The molecule has 1 heterocycles. The predicted octanol–water partition coefficient (Wildman–Crippen LogP) is 3.84. The minimum Gasteiger partial charge on any atom is -0.324 e. The van der Waals surface area contributed by atoms with Gasteiger partial charge in [0.2, 0.25) is 0 Å². The molecule has 0 saturated heterocycles. The highest BCUT2D eigenvalue weighted by Gasteiger charge is 2.18. The lowest BCUT2D eigenvalue weighted by Crippen LogP contribution is -2.16. The smallest absolute Gasteiger partial charge is 0.0850 e. The van der Waals surface area contributed by atoms with Crippen molar-refractivity contribution in [1.82, 2.24) is 9.78 Å². The second-order valence-electron chi connectivity index (χ2n) is 5.02. The molecule has 0 spiro atoms. The van der Waals surface area contributed by atoms with Gasteiger partial charge in [-0.15, -0.1) is 0 Å². The number of aryl methyl sites for hydroxylation is 3. The summed E-state index contributed by atoms with van der Waals surface area (Å²) in [5.41, 5.74) is 10.2. The van der Waals surface area contributed by atoms with Gasteiger partial charge in [-0.25, -0.2) is 0 Å². The number of benzene rings is 1. The first-order valence-corrected chi connectivity index (χ1v) is 7.41. The van der Waals surface area contributed by atoms with Crippen molar-refractivity contribution in [1.29, 1.82) is 0 Å². The molecule has 0 aliphatic heterocycles. The quantitative estimate of drug-likeness (QED) is 0.932. The lowest BCUT2D eigenvalue weighted by Gasteiger charge is -2.14. The van der Waals surface area contributed by atoms with E-state index in [-0.39, 0.29) is 6.04 Å². The van der Waals surface area contributed by atoms with E-state index in [0.717, 1.165) is 28.9 Å². The average Bonchev–Trinajstić information content (AvgIpc) is 2.66. The van der Waals surface area contributed by atoms with Gasteiger partial charge in [0.05, 0.1) is 16.4 Å². The molecule has 1 unspecified atom stereocenters. The Morgan fingerprint density at radius 2 is 2.05 bits per heavy atom. The molecule has 0 aliphatic carbocycles. The normalized spacial score (nSPS) is 12.7. The van der Waals surface area contributed by atoms with Crippen LogP contribution in [0.2, 0.25) is 10.0 Å². The average molecular weight is 312 g/mol. The number of halogens is 2. The van der Waals surface area contributed by atoms with Crippen LogP contribution >= 0.6 is 23.2 Å². The topological polar surface area (TPSA) is 43.8 Å². The Morgan fingerprint density at radius 3 is 2.60 bits per heavy atom. The number of rotatable bonds is 4. The van der Waals surface area contributed by atoms with Crippen molar-refractivity contribution >= 4 is 23.2 Å². The van der Waals surface area contributed by atoms with E-state index in [0.29, 0.717) is 16.5 Å². The van der Waals surface area contributed by atoms with E-state index in [1.807, 2.05) is 43.8 Å². The first-order chi connectivity index (χ1) is 9.43. The van der Waals surface area contributed by atoms with Gasteiger partial charge in [-0.05, 0) is 30.5 Å². The van der Waals surface area contributed by atoms with E-state index >= 15 is 0 Å². The lowest BCUT2D eigenvalue weighted by molar-refractivity contribution is 0.638. The summed E-state index contributed by atoms with van der Waals surface area (Å²) >= 11 is 12.6. The molecule has 0 fully saturated rings. The Bertz CT molecular complexity index is 620. The van der Waals surface area contributed by atoms with Gasteiger partial charge in [-0.1, -0.05) is 42.3 Å². The minimum atomic E-state index is -0.194. The van der Waals surface area contributed by atoms with Crippen LogP contribution in [0.1, 0.15) is 35.5 Å². The third kappa shape index (κ3) is 3.00. The molecule has 2 N–H and O–H groups in total. The first kappa shape index (κ1) is 15.4. The summed E-state index contributed by atoms with van der Waals surface area (Å²) in [6, 6.07) is 5.73. The summed E-state index contributed by atoms with van der Waals surface area (Å²) in [4.78, 5) is 0. The van der Waals surface area contributed by atoms with Crippen molar-refractivity contribution in [3.05, 3.63) is 50.8 Å². The molecule has 2 rings (SSSR count). The molecule has 1 aromatic carbocycles. The van der Waals surface area contributed by atoms with Crippen LogP contribution < -0.4 is 5.73 Å². The molecule has 1 aromatic heterocycles. The molecule has 0 bridgehead atoms. The molecule has 0 amide bonds. The van der Waals surface area contributed by atoms with Crippen LogP contribution in [0.4, 0.5) is 0 Å². The van der Waals surface area contributed by atoms with Crippen LogP contribution in [0.3, 0.4) is 0 Å². The minimum absolute atomic E-state index is 0.194. The van der Waals surface area contributed by atoms with E-state index in [1.165, 1.54) is 0 Å².